The van der Waals surface area contributed by atoms with Gasteiger partial charge in [-0.15, -0.1) is 0 Å². The lowest BCUT2D eigenvalue weighted by Crippen LogP contribution is -2.39. The van der Waals surface area contributed by atoms with E-state index in [1.165, 1.54) is 44.1 Å². The number of fused-ring (bicyclic) bond motifs is 1. The molecule has 0 spiro atoms. The van der Waals surface area contributed by atoms with Crippen molar-refractivity contribution >= 4 is 11.9 Å². The van der Waals surface area contributed by atoms with Crippen LogP contribution in [-0.2, 0) is 11.2 Å². The molecule has 0 bridgehead atoms. The average molecular weight is 417 g/mol. The second-order valence-corrected chi connectivity index (χ2v) is 9.94. The van der Waals surface area contributed by atoms with Crippen LogP contribution in [0.4, 0.5) is 10.6 Å². The van der Waals surface area contributed by atoms with Gasteiger partial charge >= 0.3 is 6.09 Å². The number of anilines is 1. The molecule has 6 nitrogen and oxygen atoms in total. The second kappa shape index (κ2) is 10.5. The highest BCUT2D eigenvalue weighted by atomic mass is 16.6. The molecular weight excluding hydrogens is 376 g/mol. The van der Waals surface area contributed by atoms with E-state index in [4.69, 9.17) is 4.74 Å². The zero-order valence-electron chi connectivity index (χ0n) is 19.3. The van der Waals surface area contributed by atoms with Crippen molar-refractivity contribution in [3.8, 4) is 0 Å². The number of likely N-dealkylation sites (N-methyl/N-ethyl adjacent to an activating group) is 1. The molecule has 0 aromatic carbocycles. The highest BCUT2D eigenvalue weighted by Gasteiger charge is 2.31. The Morgan fingerprint density at radius 3 is 2.87 bits per heavy atom. The van der Waals surface area contributed by atoms with E-state index in [9.17, 15) is 4.79 Å². The van der Waals surface area contributed by atoms with E-state index in [2.05, 4.69) is 28.3 Å². The highest BCUT2D eigenvalue weighted by Crippen LogP contribution is 2.24. The standard InChI is InChI=1S/C24H40N4O2/c1-24(2,3)30-23(29)28-17-14-21(18-28)27(4)16-8-6-5-7-11-20-13-12-19-10-9-15-25-22(19)26-20/h9-10,15,20-21H,5-8,11-14,16-18H2,1-4H3,(H,25,26)/t20?,21-/m1/s1. The van der Waals surface area contributed by atoms with Crippen LogP contribution in [-0.4, -0.2) is 65.2 Å². The topological polar surface area (TPSA) is 57.7 Å². The number of aromatic nitrogens is 1. The normalized spacial score (nSPS) is 21.4. The second-order valence-electron chi connectivity index (χ2n) is 9.94. The minimum atomic E-state index is -0.423. The summed E-state index contributed by atoms with van der Waals surface area (Å²) in [7, 11) is 2.19. The van der Waals surface area contributed by atoms with Gasteiger partial charge in [0.15, 0.2) is 0 Å². The van der Waals surface area contributed by atoms with Gasteiger partial charge in [-0.2, -0.15) is 0 Å². The number of carbonyl (C=O) groups excluding carboxylic acids is 1. The number of rotatable bonds is 8. The van der Waals surface area contributed by atoms with Crippen molar-refractivity contribution in [3.05, 3.63) is 23.9 Å². The summed E-state index contributed by atoms with van der Waals surface area (Å²) < 4.78 is 5.50. The van der Waals surface area contributed by atoms with Gasteiger partial charge in [0, 0.05) is 31.4 Å². The van der Waals surface area contributed by atoms with Crippen molar-refractivity contribution in [1.29, 1.82) is 0 Å². The van der Waals surface area contributed by atoms with Crippen LogP contribution >= 0.6 is 0 Å². The maximum Gasteiger partial charge on any atom is 0.410 e. The van der Waals surface area contributed by atoms with E-state index in [1.807, 2.05) is 37.9 Å². The van der Waals surface area contributed by atoms with Crippen LogP contribution in [0.2, 0.25) is 0 Å². The summed E-state index contributed by atoms with van der Waals surface area (Å²) in [4.78, 5) is 21.0. The Hall–Kier alpha value is -1.82. The molecule has 3 rings (SSSR count). The molecule has 1 fully saturated rings. The number of nitrogens with zero attached hydrogens (tertiary/aromatic N) is 3. The van der Waals surface area contributed by atoms with Crippen molar-refractivity contribution in [2.24, 2.45) is 0 Å². The number of likely N-dealkylation sites (tertiary alicyclic amines) is 1. The number of amides is 1. The van der Waals surface area contributed by atoms with Crippen LogP contribution < -0.4 is 5.32 Å². The zero-order chi connectivity index (χ0) is 21.6. The Labute approximate surface area is 182 Å². The van der Waals surface area contributed by atoms with Gasteiger partial charge in [-0.1, -0.05) is 25.3 Å². The fourth-order valence-corrected chi connectivity index (χ4v) is 4.46. The van der Waals surface area contributed by atoms with E-state index >= 15 is 0 Å². The molecule has 2 atom stereocenters. The average Bonchev–Trinajstić information content (AvgIpc) is 3.20. The van der Waals surface area contributed by atoms with Crippen LogP contribution in [0.15, 0.2) is 18.3 Å². The van der Waals surface area contributed by atoms with Gasteiger partial charge in [0.05, 0.1) is 0 Å². The Kier molecular flexibility index (Phi) is 7.98. The number of hydrogen-bond acceptors (Lipinski definition) is 5. The van der Waals surface area contributed by atoms with Gasteiger partial charge in [0.25, 0.3) is 0 Å². The van der Waals surface area contributed by atoms with Gasteiger partial charge in [0.1, 0.15) is 11.4 Å². The summed E-state index contributed by atoms with van der Waals surface area (Å²) in [6.07, 6.45) is 11.4. The number of nitrogens with one attached hydrogen (secondary N) is 1. The number of pyridine rings is 1. The molecule has 1 N–H and O–H groups in total. The first-order chi connectivity index (χ1) is 14.3. The quantitative estimate of drug-likeness (QED) is 0.623. The molecule has 0 saturated carbocycles. The Morgan fingerprint density at radius 1 is 1.27 bits per heavy atom. The van der Waals surface area contributed by atoms with E-state index in [0.717, 1.165) is 38.3 Å². The predicted molar refractivity (Wildman–Crippen MR) is 122 cm³/mol. The maximum absolute atomic E-state index is 12.2. The molecule has 1 saturated heterocycles. The summed E-state index contributed by atoms with van der Waals surface area (Å²) in [5.41, 5.74) is 0.933. The number of ether oxygens (including phenoxy) is 1. The molecule has 2 aliphatic heterocycles. The number of hydrogen-bond donors (Lipinski definition) is 1. The van der Waals surface area contributed by atoms with E-state index in [1.54, 1.807) is 0 Å². The monoisotopic (exact) mass is 416 g/mol. The number of unbranched alkanes of at least 4 members (excludes halogenated alkanes) is 3. The molecule has 2 aliphatic rings. The molecule has 1 aromatic heterocycles. The number of aryl methyl sites for hydroxylation is 1. The summed E-state index contributed by atoms with van der Waals surface area (Å²) in [6, 6.07) is 5.24. The lowest BCUT2D eigenvalue weighted by Gasteiger charge is -2.27. The van der Waals surface area contributed by atoms with Crippen LogP contribution in [0.25, 0.3) is 0 Å². The molecule has 0 radical (unpaired) electrons. The Bertz CT molecular complexity index is 688. The molecule has 30 heavy (non-hydrogen) atoms. The molecule has 6 heteroatoms. The van der Waals surface area contributed by atoms with Gasteiger partial charge in [-0.05, 0) is 78.1 Å². The predicted octanol–water partition coefficient (Wildman–Crippen LogP) is 4.70. The van der Waals surface area contributed by atoms with Crippen LogP contribution in [0.5, 0.6) is 0 Å². The van der Waals surface area contributed by atoms with E-state index in [0.29, 0.717) is 12.1 Å². The summed E-state index contributed by atoms with van der Waals surface area (Å²) in [5, 5.41) is 3.61. The smallest absolute Gasteiger partial charge is 0.410 e. The van der Waals surface area contributed by atoms with Crippen molar-refractivity contribution < 1.29 is 9.53 Å². The minimum absolute atomic E-state index is 0.174. The van der Waals surface area contributed by atoms with Crippen molar-refractivity contribution in [3.63, 3.8) is 0 Å². The van der Waals surface area contributed by atoms with Crippen molar-refractivity contribution in [2.45, 2.75) is 89.8 Å². The first-order valence-electron chi connectivity index (χ1n) is 11.7. The Morgan fingerprint density at radius 2 is 2.07 bits per heavy atom. The number of carbonyl (C=O) groups is 1. The van der Waals surface area contributed by atoms with E-state index in [-0.39, 0.29) is 6.09 Å². The fraction of sp³-hybridized carbons (Fsp3) is 0.750. The SMILES string of the molecule is CN(CCCCCCC1CCc2cccnc2N1)[C@@H]1CCN(C(=O)OC(C)(C)C)C1. The molecule has 1 unspecified atom stereocenters. The molecule has 3 heterocycles. The third-order valence-corrected chi connectivity index (χ3v) is 6.25. The lowest BCUT2D eigenvalue weighted by molar-refractivity contribution is 0.0282. The molecule has 1 aromatic rings. The fourth-order valence-electron chi connectivity index (χ4n) is 4.46. The van der Waals surface area contributed by atoms with Gasteiger partial charge in [-0.25, -0.2) is 9.78 Å². The van der Waals surface area contributed by atoms with Crippen LogP contribution in [0, 0.1) is 0 Å². The zero-order valence-corrected chi connectivity index (χ0v) is 19.3. The van der Waals surface area contributed by atoms with Crippen molar-refractivity contribution in [1.82, 2.24) is 14.8 Å². The van der Waals surface area contributed by atoms with Gasteiger partial charge in [-0.3, -0.25) is 0 Å². The van der Waals surface area contributed by atoms with Gasteiger partial charge in [0.2, 0.25) is 0 Å². The summed E-state index contributed by atoms with van der Waals surface area (Å²) >= 11 is 0. The summed E-state index contributed by atoms with van der Waals surface area (Å²) in [5.74, 6) is 1.09. The molecular formula is C24H40N4O2. The van der Waals surface area contributed by atoms with E-state index < -0.39 is 5.60 Å². The molecule has 1 amide bonds. The Balaban J connectivity index is 1.25. The first-order valence-corrected chi connectivity index (χ1v) is 11.7. The van der Waals surface area contributed by atoms with Crippen molar-refractivity contribution in [2.75, 3.05) is 32.0 Å². The maximum atomic E-state index is 12.2. The first kappa shape index (κ1) is 22.9. The van der Waals surface area contributed by atoms with Gasteiger partial charge < -0.3 is 19.9 Å². The molecule has 0 aliphatic carbocycles. The largest absolute Gasteiger partial charge is 0.444 e. The lowest BCUT2D eigenvalue weighted by atomic mass is 9.96. The van der Waals surface area contributed by atoms with Crippen LogP contribution in [0.1, 0.15) is 71.3 Å². The van der Waals surface area contributed by atoms with Crippen LogP contribution in [0.3, 0.4) is 0 Å². The summed E-state index contributed by atoms with van der Waals surface area (Å²) in [6.45, 7) is 8.45. The third kappa shape index (κ3) is 6.86. The minimum Gasteiger partial charge on any atom is -0.444 e. The third-order valence-electron chi connectivity index (χ3n) is 6.25. The molecule has 168 valence electrons. The highest BCUT2D eigenvalue weighted by molar-refractivity contribution is 5.68.